The summed E-state index contributed by atoms with van der Waals surface area (Å²) in [5.41, 5.74) is -3.58. The maximum Gasteiger partial charge on any atom is 0.419 e. The van der Waals surface area contributed by atoms with Gasteiger partial charge in [0, 0.05) is 7.05 Å². The topological polar surface area (TPSA) is 94.1 Å². The standard InChI is InChI=1S/C17H17F7N4O2/c1-8(9-3-4-11(12(18)5-9)17(22,23)24)27-14(28-15(30)26-2)10(7-29)13(25)6-16(19,20)21/h3-5,7-8,25,27H,6H2,1-2H3,(H2,26,28,30)/b14-10+,25-13?. The van der Waals surface area contributed by atoms with Crippen molar-refractivity contribution >= 4 is 18.0 Å². The first-order valence-electron chi connectivity index (χ1n) is 8.15. The fourth-order valence-corrected chi connectivity index (χ4v) is 2.26. The van der Waals surface area contributed by atoms with Crippen LogP contribution in [-0.2, 0) is 11.0 Å². The van der Waals surface area contributed by atoms with Crippen molar-refractivity contribution < 1.29 is 40.3 Å². The van der Waals surface area contributed by atoms with Crippen LogP contribution in [0.5, 0.6) is 0 Å². The molecule has 0 aliphatic rings. The van der Waals surface area contributed by atoms with Gasteiger partial charge in [-0.15, -0.1) is 0 Å². The zero-order valence-corrected chi connectivity index (χ0v) is 15.6. The van der Waals surface area contributed by atoms with Crippen LogP contribution in [0, 0.1) is 11.2 Å². The molecule has 0 aromatic heterocycles. The van der Waals surface area contributed by atoms with Gasteiger partial charge in [-0.3, -0.25) is 10.1 Å². The summed E-state index contributed by atoms with van der Waals surface area (Å²) in [4.78, 5) is 22.9. The molecule has 0 spiro atoms. The molecule has 166 valence electrons. The molecule has 0 bridgehead atoms. The van der Waals surface area contributed by atoms with E-state index in [0.29, 0.717) is 12.1 Å². The number of allylic oxidation sites excluding steroid dienone is 1. The van der Waals surface area contributed by atoms with Crippen LogP contribution < -0.4 is 16.0 Å². The molecule has 0 aliphatic heterocycles. The third-order valence-electron chi connectivity index (χ3n) is 3.71. The Kier molecular flexibility index (Phi) is 7.96. The largest absolute Gasteiger partial charge is 0.419 e. The fourth-order valence-electron chi connectivity index (χ4n) is 2.26. The molecular formula is C17H17F7N4O2. The van der Waals surface area contributed by atoms with Crippen LogP contribution in [-0.4, -0.2) is 31.3 Å². The monoisotopic (exact) mass is 442 g/mol. The Hall–Kier alpha value is -3.12. The molecule has 1 aromatic carbocycles. The Morgan fingerprint density at radius 1 is 1.20 bits per heavy atom. The zero-order chi connectivity index (χ0) is 23.3. The summed E-state index contributed by atoms with van der Waals surface area (Å²) in [7, 11) is 1.17. The van der Waals surface area contributed by atoms with Crippen molar-refractivity contribution in [3.05, 3.63) is 46.5 Å². The SMILES string of the molecule is CNC(=O)N/C(NC(C)c1ccc(C(F)(F)F)c(F)c1)=C(\C=O)C(=N)CC(F)(F)F. The molecule has 0 saturated heterocycles. The van der Waals surface area contributed by atoms with Gasteiger partial charge in [0.2, 0.25) is 0 Å². The number of benzene rings is 1. The molecule has 6 nitrogen and oxygen atoms in total. The Morgan fingerprint density at radius 3 is 2.23 bits per heavy atom. The predicted molar refractivity (Wildman–Crippen MR) is 92.0 cm³/mol. The lowest BCUT2D eigenvalue weighted by Gasteiger charge is -2.22. The van der Waals surface area contributed by atoms with Gasteiger partial charge >= 0.3 is 18.4 Å². The molecule has 0 heterocycles. The van der Waals surface area contributed by atoms with E-state index in [1.165, 1.54) is 14.0 Å². The molecular weight excluding hydrogens is 425 g/mol. The minimum Gasteiger partial charge on any atom is -0.364 e. The molecule has 13 heteroatoms. The maximum absolute atomic E-state index is 13.8. The fraction of sp³-hybridized carbons (Fsp3) is 0.353. The van der Waals surface area contributed by atoms with Crippen molar-refractivity contribution in [2.45, 2.75) is 31.7 Å². The molecule has 30 heavy (non-hydrogen) atoms. The summed E-state index contributed by atoms with van der Waals surface area (Å²) in [5.74, 6) is -2.19. The number of amides is 2. The van der Waals surface area contributed by atoms with E-state index >= 15 is 0 Å². The average molecular weight is 442 g/mol. The van der Waals surface area contributed by atoms with E-state index in [4.69, 9.17) is 5.41 Å². The van der Waals surface area contributed by atoms with Gasteiger partial charge in [-0.1, -0.05) is 6.07 Å². The number of urea groups is 1. The smallest absolute Gasteiger partial charge is 0.364 e. The number of nitrogens with one attached hydrogen (secondary N) is 4. The van der Waals surface area contributed by atoms with E-state index in [1.807, 2.05) is 5.32 Å². The summed E-state index contributed by atoms with van der Waals surface area (Å²) < 4.78 is 89.5. The second kappa shape index (κ2) is 9.59. The highest BCUT2D eigenvalue weighted by Crippen LogP contribution is 2.32. The van der Waals surface area contributed by atoms with Gasteiger partial charge < -0.3 is 16.0 Å². The van der Waals surface area contributed by atoms with Gasteiger partial charge in [-0.2, -0.15) is 26.3 Å². The molecule has 1 rings (SSSR count). The molecule has 0 fully saturated rings. The first-order valence-corrected chi connectivity index (χ1v) is 8.15. The average Bonchev–Trinajstić information content (AvgIpc) is 2.59. The summed E-state index contributed by atoms with van der Waals surface area (Å²) >= 11 is 0. The van der Waals surface area contributed by atoms with E-state index in [0.717, 1.165) is 6.07 Å². The van der Waals surface area contributed by atoms with Crippen molar-refractivity contribution in [3.8, 4) is 0 Å². The quantitative estimate of drug-likeness (QED) is 0.224. The second-order valence-electron chi connectivity index (χ2n) is 5.98. The van der Waals surface area contributed by atoms with Gasteiger partial charge in [0.15, 0.2) is 6.29 Å². The Labute approximate surface area is 166 Å². The molecule has 0 saturated carbocycles. The maximum atomic E-state index is 13.8. The van der Waals surface area contributed by atoms with Crippen LogP contribution in [0.4, 0.5) is 35.5 Å². The van der Waals surface area contributed by atoms with Gasteiger partial charge in [0.05, 0.1) is 29.3 Å². The van der Waals surface area contributed by atoms with E-state index in [2.05, 4.69) is 10.6 Å². The predicted octanol–water partition coefficient (Wildman–Crippen LogP) is 3.81. The highest BCUT2D eigenvalue weighted by Gasteiger charge is 2.34. The van der Waals surface area contributed by atoms with Gasteiger partial charge in [-0.25, -0.2) is 9.18 Å². The first kappa shape index (κ1) is 24.9. The number of carbonyl (C=O) groups excluding carboxylic acids is 2. The zero-order valence-electron chi connectivity index (χ0n) is 15.6. The van der Waals surface area contributed by atoms with E-state index < -0.39 is 59.3 Å². The van der Waals surface area contributed by atoms with E-state index in [-0.39, 0.29) is 11.8 Å². The number of alkyl halides is 6. The summed E-state index contributed by atoms with van der Waals surface area (Å²) in [6.07, 6.45) is -11.6. The third kappa shape index (κ3) is 7.04. The van der Waals surface area contributed by atoms with Crippen molar-refractivity contribution in [2.75, 3.05) is 7.05 Å². The lowest BCUT2D eigenvalue weighted by Crippen LogP contribution is -2.40. The van der Waals surface area contributed by atoms with Crippen molar-refractivity contribution in [2.24, 2.45) is 0 Å². The van der Waals surface area contributed by atoms with Crippen LogP contribution in [0.2, 0.25) is 0 Å². The molecule has 2 amide bonds. The van der Waals surface area contributed by atoms with E-state index in [9.17, 15) is 40.3 Å². The minimum absolute atomic E-state index is 0.0655. The number of rotatable bonds is 7. The van der Waals surface area contributed by atoms with E-state index in [1.54, 1.807) is 0 Å². The van der Waals surface area contributed by atoms with Gasteiger partial charge in [0.25, 0.3) is 0 Å². The van der Waals surface area contributed by atoms with Crippen molar-refractivity contribution in [1.82, 2.24) is 16.0 Å². The summed E-state index contributed by atoms with van der Waals surface area (Å²) in [6.45, 7) is 1.30. The molecule has 4 N–H and O–H groups in total. The highest BCUT2D eigenvalue weighted by atomic mass is 19.4. The minimum atomic E-state index is -4.93. The van der Waals surface area contributed by atoms with Crippen LogP contribution in [0.1, 0.15) is 30.5 Å². The molecule has 0 radical (unpaired) electrons. The number of halogens is 7. The van der Waals surface area contributed by atoms with Crippen LogP contribution >= 0.6 is 0 Å². The lowest BCUT2D eigenvalue weighted by atomic mass is 10.0. The number of carbonyl (C=O) groups is 2. The lowest BCUT2D eigenvalue weighted by molar-refractivity contribution is -0.140. The number of hydrogen-bond acceptors (Lipinski definition) is 4. The summed E-state index contributed by atoms with van der Waals surface area (Å²) in [6, 6.07) is -0.0717. The second-order valence-corrected chi connectivity index (χ2v) is 5.98. The van der Waals surface area contributed by atoms with Gasteiger partial charge in [0.1, 0.15) is 11.6 Å². The van der Waals surface area contributed by atoms with Crippen molar-refractivity contribution in [3.63, 3.8) is 0 Å². The summed E-state index contributed by atoms with van der Waals surface area (Å²) in [5, 5.41) is 14.1. The highest BCUT2D eigenvalue weighted by molar-refractivity contribution is 6.14. The Morgan fingerprint density at radius 2 is 1.80 bits per heavy atom. The van der Waals surface area contributed by atoms with Crippen LogP contribution in [0.15, 0.2) is 29.6 Å². The number of aldehydes is 1. The molecule has 1 unspecified atom stereocenters. The molecule has 0 aliphatic carbocycles. The third-order valence-corrected chi connectivity index (χ3v) is 3.71. The Bertz CT molecular complexity index is 847. The van der Waals surface area contributed by atoms with Gasteiger partial charge in [-0.05, 0) is 24.6 Å². The Balaban J connectivity index is 3.30. The molecule has 1 atom stereocenters. The van der Waals surface area contributed by atoms with Crippen LogP contribution in [0.25, 0.3) is 0 Å². The normalized spacial score (nSPS) is 13.8. The molecule has 1 aromatic rings. The first-order chi connectivity index (χ1) is 13.7. The van der Waals surface area contributed by atoms with Crippen molar-refractivity contribution in [1.29, 1.82) is 5.41 Å². The van der Waals surface area contributed by atoms with Crippen LogP contribution in [0.3, 0.4) is 0 Å². The number of hydrogen-bond donors (Lipinski definition) is 4.